The van der Waals surface area contributed by atoms with Crippen molar-refractivity contribution in [2.45, 2.75) is 12.8 Å². The topological polar surface area (TPSA) is 25.8 Å². The zero-order chi connectivity index (χ0) is 19.9. The van der Waals surface area contributed by atoms with Crippen molar-refractivity contribution in [2.75, 3.05) is 0 Å². The Bertz CT molecular complexity index is 790. The number of hydrogen-bond acceptors (Lipinski definition) is 2. The van der Waals surface area contributed by atoms with Crippen molar-refractivity contribution in [1.29, 1.82) is 0 Å². The number of nitrogens with zero attached hydrogens (tertiary/aromatic N) is 2. The van der Waals surface area contributed by atoms with Gasteiger partial charge in [0.2, 0.25) is 0 Å². The predicted molar refractivity (Wildman–Crippen MR) is 118 cm³/mol. The zero-order valence-electron chi connectivity index (χ0n) is 16.4. The van der Waals surface area contributed by atoms with Crippen LogP contribution >= 0.6 is 0 Å². The summed E-state index contributed by atoms with van der Waals surface area (Å²) in [5, 5.41) is 0. The van der Waals surface area contributed by atoms with Crippen molar-refractivity contribution in [1.82, 2.24) is 9.97 Å². The second-order valence-electron chi connectivity index (χ2n) is 5.90. The van der Waals surface area contributed by atoms with Crippen LogP contribution in [0.4, 0.5) is 0 Å². The van der Waals surface area contributed by atoms with Crippen molar-refractivity contribution < 1.29 is 16.5 Å². The van der Waals surface area contributed by atoms with Crippen LogP contribution in [0.1, 0.15) is 11.1 Å². The molecule has 0 unspecified atom stereocenters. The monoisotopic (exact) mass is 424 g/mol. The van der Waals surface area contributed by atoms with Gasteiger partial charge in [-0.1, -0.05) is 83.9 Å². The van der Waals surface area contributed by atoms with E-state index in [4.69, 9.17) is 0 Å². The predicted octanol–water partition coefficient (Wildman–Crippen LogP) is 6.27. The van der Waals surface area contributed by atoms with Crippen LogP contribution in [0.5, 0.6) is 0 Å². The molecule has 0 radical (unpaired) electrons. The minimum Gasteiger partial charge on any atom is -0.339 e. The van der Waals surface area contributed by atoms with E-state index in [9.17, 15) is 0 Å². The van der Waals surface area contributed by atoms with E-state index < -0.39 is 0 Å². The fourth-order valence-electron chi connectivity index (χ4n) is 2.32. The first-order valence-corrected chi connectivity index (χ1v) is 9.32. The molecule has 3 heteroatoms. The summed E-state index contributed by atoms with van der Waals surface area (Å²) < 4.78 is 0. The Kier molecular flexibility index (Phi) is 12.7. The van der Waals surface area contributed by atoms with Gasteiger partial charge < -0.3 is 13.8 Å². The van der Waals surface area contributed by atoms with Gasteiger partial charge in [0.25, 0.3) is 0 Å². The van der Waals surface area contributed by atoms with Crippen molar-refractivity contribution in [2.24, 2.45) is 0 Å². The molecule has 2 aromatic heterocycles. The Hall–Kier alpha value is -2.77. The largest absolute Gasteiger partial charge is 2.00 e. The summed E-state index contributed by atoms with van der Waals surface area (Å²) in [4.78, 5) is 8.37. The van der Waals surface area contributed by atoms with E-state index in [1.165, 1.54) is 11.1 Å². The summed E-state index contributed by atoms with van der Waals surface area (Å²) in [7, 11) is 0. The molecule has 0 bridgehead atoms. The first kappa shape index (κ1) is 24.3. The number of aromatic nitrogens is 2. The molecule has 150 valence electrons. The molecule has 0 N–H and O–H groups in total. The van der Waals surface area contributed by atoms with Crippen LogP contribution in [0, 0.1) is 13.8 Å². The molecule has 2 heterocycles. The summed E-state index contributed by atoms with van der Waals surface area (Å²) in [5.41, 5.74) is 4.43. The molecule has 0 aliphatic rings. The fourth-order valence-corrected chi connectivity index (χ4v) is 2.32. The third-order valence-electron chi connectivity index (χ3n) is 3.86. The molecule has 0 atom stereocenters. The maximum Gasteiger partial charge on any atom is 2.00 e. The zero-order valence-corrected chi connectivity index (χ0v) is 17.4. The van der Waals surface area contributed by atoms with Crippen molar-refractivity contribution in [3.63, 3.8) is 0 Å². The molecule has 2 nitrogen and oxygen atoms in total. The van der Waals surface area contributed by atoms with Gasteiger partial charge in [-0.05, 0) is 24.3 Å². The molecular formula is C26H26N2Ni. The molecule has 0 aliphatic heterocycles. The standard InChI is InChI=1S/C10H8N2.2C8H9.Ni/c1-3-7-11-9(5-1)10-6-2-4-8-12-10;2*1-2-8-6-4-3-5-7-8;/h1-8H;2*3-7H,1-2H2;/q;2*-1;+2. The van der Waals surface area contributed by atoms with Crippen molar-refractivity contribution >= 4 is 0 Å². The van der Waals surface area contributed by atoms with Gasteiger partial charge in [-0.15, -0.1) is 0 Å². The van der Waals surface area contributed by atoms with E-state index in [0.717, 1.165) is 24.2 Å². The van der Waals surface area contributed by atoms with Gasteiger partial charge in [0.05, 0.1) is 11.4 Å². The number of hydrogen-bond donors (Lipinski definition) is 0. The average molecular weight is 425 g/mol. The van der Waals surface area contributed by atoms with Crippen LogP contribution in [-0.4, -0.2) is 9.97 Å². The quantitative estimate of drug-likeness (QED) is 0.286. The Morgan fingerprint density at radius 2 is 0.828 bits per heavy atom. The molecule has 0 aliphatic carbocycles. The first-order valence-electron chi connectivity index (χ1n) is 9.32. The smallest absolute Gasteiger partial charge is 0.339 e. The number of rotatable bonds is 3. The summed E-state index contributed by atoms with van der Waals surface area (Å²) in [6, 6.07) is 32.0. The molecule has 0 amide bonds. The van der Waals surface area contributed by atoms with Gasteiger partial charge in [0.15, 0.2) is 0 Å². The summed E-state index contributed by atoms with van der Waals surface area (Å²) in [6.07, 6.45) is 5.32. The van der Waals surface area contributed by atoms with Crippen molar-refractivity contribution in [3.05, 3.63) is 134 Å². The molecule has 29 heavy (non-hydrogen) atoms. The summed E-state index contributed by atoms with van der Waals surface area (Å²) >= 11 is 0. The number of pyridine rings is 2. The molecule has 4 rings (SSSR count). The minimum atomic E-state index is 0. The van der Waals surface area contributed by atoms with Gasteiger partial charge in [-0.2, -0.15) is 12.8 Å². The number of benzene rings is 2. The van der Waals surface area contributed by atoms with Crippen LogP contribution in [0.25, 0.3) is 11.4 Å². The van der Waals surface area contributed by atoms with Crippen LogP contribution < -0.4 is 0 Å². The van der Waals surface area contributed by atoms with Gasteiger partial charge in [0.1, 0.15) is 0 Å². The molecule has 0 saturated carbocycles. The Balaban J connectivity index is 0.000000221. The van der Waals surface area contributed by atoms with E-state index in [1.807, 2.05) is 72.8 Å². The van der Waals surface area contributed by atoms with Gasteiger partial charge in [-0.3, -0.25) is 9.97 Å². The molecule has 0 fully saturated rings. The van der Waals surface area contributed by atoms with E-state index in [0.29, 0.717) is 0 Å². The summed E-state index contributed by atoms with van der Waals surface area (Å²) in [5.74, 6) is 0. The molecule has 2 aromatic carbocycles. The molecule has 4 aromatic rings. The van der Waals surface area contributed by atoms with Crippen molar-refractivity contribution in [3.8, 4) is 11.4 Å². The van der Waals surface area contributed by atoms with Crippen LogP contribution in [0.2, 0.25) is 0 Å². The minimum absolute atomic E-state index is 0. The van der Waals surface area contributed by atoms with Gasteiger partial charge >= 0.3 is 16.5 Å². The fraction of sp³-hybridized carbons (Fsp3) is 0.0769. The Morgan fingerprint density at radius 1 is 0.483 bits per heavy atom. The molecular weight excluding hydrogens is 399 g/mol. The Labute approximate surface area is 185 Å². The summed E-state index contributed by atoms with van der Waals surface area (Å²) in [6.45, 7) is 7.51. The normalized spacial score (nSPS) is 9.03. The van der Waals surface area contributed by atoms with Gasteiger partial charge in [0, 0.05) is 12.4 Å². The third-order valence-corrected chi connectivity index (χ3v) is 3.86. The van der Waals surface area contributed by atoms with E-state index >= 15 is 0 Å². The van der Waals surface area contributed by atoms with Crippen LogP contribution in [0.15, 0.2) is 109 Å². The SMILES string of the molecule is [CH2-]Cc1ccccc1.[CH2-]Cc1ccccc1.[Ni+2].c1ccc(-c2ccccn2)nc1. The maximum absolute atomic E-state index is 4.19. The van der Waals surface area contributed by atoms with E-state index in [-0.39, 0.29) is 16.5 Å². The molecule has 0 saturated heterocycles. The second kappa shape index (κ2) is 15.2. The third kappa shape index (κ3) is 9.83. The van der Waals surface area contributed by atoms with E-state index in [1.54, 1.807) is 12.4 Å². The van der Waals surface area contributed by atoms with Gasteiger partial charge in [-0.25, -0.2) is 0 Å². The van der Waals surface area contributed by atoms with Crippen LogP contribution in [-0.2, 0) is 29.3 Å². The second-order valence-corrected chi connectivity index (χ2v) is 5.90. The maximum atomic E-state index is 4.19. The van der Waals surface area contributed by atoms with Crippen LogP contribution in [0.3, 0.4) is 0 Å². The first-order chi connectivity index (χ1) is 13.8. The molecule has 0 spiro atoms. The Morgan fingerprint density at radius 3 is 1.07 bits per heavy atom. The van der Waals surface area contributed by atoms with E-state index in [2.05, 4.69) is 48.1 Å². The average Bonchev–Trinajstić information content (AvgIpc) is 2.82.